The molecular weight excluding hydrogens is 282 g/mol. The molecule has 0 amide bonds. The van der Waals surface area contributed by atoms with Crippen LogP contribution in [0.2, 0.25) is 0 Å². The first-order valence-corrected chi connectivity index (χ1v) is 8.39. The average Bonchev–Trinajstić information content (AvgIpc) is 2.92. The minimum absolute atomic E-state index is 0.237. The lowest BCUT2D eigenvalue weighted by molar-refractivity contribution is 0.593. The number of hydrogen-bond acceptors (Lipinski definition) is 2. The Bertz CT molecular complexity index is 842. The molecule has 0 aliphatic carbocycles. The molecule has 1 aromatic heterocycles. The fourth-order valence-corrected chi connectivity index (χ4v) is 3.63. The van der Waals surface area contributed by atoms with E-state index in [0.29, 0.717) is 10.8 Å². The first-order chi connectivity index (χ1) is 9.98. The van der Waals surface area contributed by atoms with Gasteiger partial charge in [-0.1, -0.05) is 44.2 Å². The summed E-state index contributed by atoms with van der Waals surface area (Å²) in [6.07, 6.45) is 0. The number of aromatic nitrogens is 1. The van der Waals surface area contributed by atoms with E-state index in [-0.39, 0.29) is 5.03 Å². The molecule has 0 atom stereocenters. The molecule has 0 saturated carbocycles. The average molecular weight is 299 g/mol. The van der Waals surface area contributed by atoms with Crippen molar-refractivity contribution in [3.8, 4) is 0 Å². The standard InChI is InChI=1S/C17H17NO2S/c1-12(2)13-7-9-15(10-8-13)21(19,20)17-11-14-5-3-4-6-16(14)18-17/h3-12,18H,1-2H3. The third kappa shape index (κ3) is 2.47. The van der Waals surface area contributed by atoms with Gasteiger partial charge in [-0.2, -0.15) is 0 Å². The summed E-state index contributed by atoms with van der Waals surface area (Å²) in [4.78, 5) is 3.30. The summed E-state index contributed by atoms with van der Waals surface area (Å²) >= 11 is 0. The highest BCUT2D eigenvalue weighted by molar-refractivity contribution is 7.91. The Morgan fingerprint density at radius 1 is 0.952 bits per heavy atom. The van der Waals surface area contributed by atoms with Crippen LogP contribution in [0, 0.1) is 0 Å². The number of sulfone groups is 1. The summed E-state index contributed by atoms with van der Waals surface area (Å²) in [5.74, 6) is 0.384. The Labute approximate surface area is 124 Å². The van der Waals surface area contributed by atoms with E-state index >= 15 is 0 Å². The highest BCUT2D eigenvalue weighted by Gasteiger charge is 2.20. The van der Waals surface area contributed by atoms with Gasteiger partial charge in [-0.3, -0.25) is 0 Å². The fourth-order valence-electron chi connectivity index (χ4n) is 2.35. The SMILES string of the molecule is CC(C)c1ccc(S(=O)(=O)c2cc3ccccc3[nH]2)cc1. The van der Waals surface area contributed by atoms with Crippen LogP contribution in [0.3, 0.4) is 0 Å². The number of fused-ring (bicyclic) bond motifs is 1. The number of benzene rings is 2. The van der Waals surface area contributed by atoms with Crippen molar-refractivity contribution in [1.29, 1.82) is 0 Å². The maximum Gasteiger partial charge on any atom is 0.221 e. The van der Waals surface area contributed by atoms with Crippen LogP contribution in [0.25, 0.3) is 10.9 Å². The van der Waals surface area contributed by atoms with Gasteiger partial charge in [0.25, 0.3) is 0 Å². The molecule has 4 heteroatoms. The van der Waals surface area contributed by atoms with Crippen molar-refractivity contribution < 1.29 is 8.42 Å². The number of aromatic amines is 1. The summed E-state index contributed by atoms with van der Waals surface area (Å²) in [6.45, 7) is 4.17. The van der Waals surface area contributed by atoms with Crippen molar-refractivity contribution in [2.45, 2.75) is 29.7 Å². The lowest BCUT2D eigenvalue weighted by atomic mass is 10.0. The second kappa shape index (κ2) is 5.04. The van der Waals surface area contributed by atoms with Gasteiger partial charge in [-0.25, -0.2) is 8.42 Å². The normalized spacial score (nSPS) is 12.1. The molecule has 2 aromatic carbocycles. The fraction of sp³-hybridized carbons (Fsp3) is 0.176. The molecule has 0 unspecified atom stereocenters. The second-order valence-electron chi connectivity index (χ2n) is 5.45. The summed E-state index contributed by atoms with van der Waals surface area (Å²) < 4.78 is 25.3. The van der Waals surface area contributed by atoms with Gasteiger partial charge in [0.05, 0.1) is 4.90 Å². The van der Waals surface area contributed by atoms with Gasteiger partial charge in [0.1, 0.15) is 5.03 Å². The first-order valence-electron chi connectivity index (χ1n) is 6.91. The van der Waals surface area contributed by atoms with Crippen LogP contribution < -0.4 is 0 Å². The molecule has 1 heterocycles. The van der Waals surface area contributed by atoms with Crippen molar-refractivity contribution >= 4 is 20.7 Å². The Morgan fingerprint density at radius 3 is 2.24 bits per heavy atom. The van der Waals surface area contributed by atoms with Gasteiger partial charge in [0.15, 0.2) is 0 Å². The van der Waals surface area contributed by atoms with Gasteiger partial charge >= 0.3 is 0 Å². The molecule has 0 fully saturated rings. The lowest BCUT2D eigenvalue weighted by Gasteiger charge is -2.07. The number of H-pyrrole nitrogens is 1. The third-order valence-electron chi connectivity index (χ3n) is 3.65. The van der Waals surface area contributed by atoms with E-state index in [2.05, 4.69) is 18.8 Å². The number of hydrogen-bond donors (Lipinski definition) is 1. The quantitative estimate of drug-likeness (QED) is 0.790. The maximum atomic E-state index is 12.7. The van der Waals surface area contributed by atoms with Crippen molar-refractivity contribution in [3.63, 3.8) is 0 Å². The molecule has 1 N–H and O–H groups in total. The van der Waals surface area contributed by atoms with Crippen molar-refractivity contribution in [3.05, 3.63) is 60.2 Å². The van der Waals surface area contributed by atoms with Crippen LogP contribution >= 0.6 is 0 Å². The van der Waals surface area contributed by atoms with E-state index in [1.807, 2.05) is 36.4 Å². The summed E-state index contributed by atoms with van der Waals surface area (Å²) in [5.41, 5.74) is 1.96. The van der Waals surface area contributed by atoms with Crippen LogP contribution in [0.5, 0.6) is 0 Å². The zero-order valence-corrected chi connectivity index (χ0v) is 12.8. The van der Waals surface area contributed by atoms with Crippen molar-refractivity contribution in [2.75, 3.05) is 0 Å². The van der Waals surface area contributed by atoms with Crippen molar-refractivity contribution in [2.24, 2.45) is 0 Å². The minimum Gasteiger partial charge on any atom is -0.345 e. The molecule has 0 radical (unpaired) electrons. The molecule has 0 aliphatic rings. The Balaban J connectivity index is 2.07. The molecule has 0 bridgehead atoms. The van der Waals surface area contributed by atoms with E-state index in [1.165, 1.54) is 0 Å². The molecule has 3 nitrogen and oxygen atoms in total. The van der Waals surface area contributed by atoms with Gasteiger partial charge in [-0.05, 0) is 35.7 Å². The Hall–Kier alpha value is -2.07. The molecule has 3 rings (SSSR count). The van der Waals surface area contributed by atoms with Gasteiger partial charge in [-0.15, -0.1) is 0 Å². The van der Waals surface area contributed by atoms with Crippen LogP contribution in [0.4, 0.5) is 0 Å². The summed E-state index contributed by atoms with van der Waals surface area (Å²) in [6, 6.07) is 16.3. The van der Waals surface area contributed by atoms with Crippen LogP contribution in [0.1, 0.15) is 25.3 Å². The smallest absolute Gasteiger partial charge is 0.221 e. The monoisotopic (exact) mass is 299 g/mol. The van der Waals surface area contributed by atoms with E-state index in [0.717, 1.165) is 16.5 Å². The minimum atomic E-state index is -3.50. The number of rotatable bonds is 3. The predicted octanol–water partition coefficient (Wildman–Crippen LogP) is 4.12. The number of para-hydroxylation sites is 1. The molecule has 3 aromatic rings. The zero-order chi connectivity index (χ0) is 15.0. The zero-order valence-electron chi connectivity index (χ0n) is 12.0. The van der Waals surface area contributed by atoms with E-state index in [4.69, 9.17) is 0 Å². The summed E-state index contributed by atoms with van der Waals surface area (Å²) in [5, 5.41) is 1.14. The van der Waals surface area contributed by atoms with Gasteiger partial charge in [0.2, 0.25) is 9.84 Å². The molecule has 0 saturated heterocycles. The highest BCUT2D eigenvalue weighted by Crippen LogP contribution is 2.25. The van der Waals surface area contributed by atoms with Crippen LogP contribution in [0.15, 0.2) is 64.5 Å². The summed E-state index contributed by atoms with van der Waals surface area (Å²) in [7, 11) is -3.50. The highest BCUT2D eigenvalue weighted by atomic mass is 32.2. The molecule has 21 heavy (non-hydrogen) atoms. The van der Waals surface area contributed by atoms with Gasteiger partial charge < -0.3 is 4.98 Å². The topological polar surface area (TPSA) is 49.9 Å². The largest absolute Gasteiger partial charge is 0.345 e. The first kappa shape index (κ1) is 13.9. The van der Waals surface area contributed by atoms with Gasteiger partial charge in [0, 0.05) is 10.9 Å². The van der Waals surface area contributed by atoms with E-state index in [9.17, 15) is 8.42 Å². The van der Waals surface area contributed by atoms with Crippen LogP contribution in [-0.4, -0.2) is 13.4 Å². The maximum absolute atomic E-state index is 12.7. The third-order valence-corrected chi connectivity index (χ3v) is 5.34. The molecular formula is C17H17NO2S. The molecule has 108 valence electrons. The molecule has 0 spiro atoms. The van der Waals surface area contributed by atoms with E-state index < -0.39 is 9.84 Å². The second-order valence-corrected chi connectivity index (χ2v) is 7.37. The van der Waals surface area contributed by atoms with Crippen LogP contribution in [-0.2, 0) is 9.84 Å². The molecule has 0 aliphatic heterocycles. The van der Waals surface area contributed by atoms with E-state index in [1.54, 1.807) is 18.2 Å². The predicted molar refractivity (Wildman–Crippen MR) is 84.3 cm³/mol. The van der Waals surface area contributed by atoms with Crippen molar-refractivity contribution in [1.82, 2.24) is 4.98 Å². The Kier molecular flexibility index (Phi) is 3.33. The Morgan fingerprint density at radius 2 is 1.62 bits per heavy atom. The lowest BCUT2D eigenvalue weighted by Crippen LogP contribution is -2.02. The number of nitrogens with one attached hydrogen (secondary N) is 1.